The van der Waals surface area contributed by atoms with Crippen molar-refractivity contribution in [3.05, 3.63) is 52.5 Å². The number of hydrogen-bond acceptors (Lipinski definition) is 14. The van der Waals surface area contributed by atoms with E-state index < -0.39 is 47.4 Å². The average Bonchev–Trinajstić information content (AvgIpc) is 3.38. The number of benzene rings is 1. The van der Waals surface area contributed by atoms with Gasteiger partial charge in [-0.15, -0.1) is 11.8 Å². The molecule has 14 nitrogen and oxygen atoms in total. The maximum absolute atomic E-state index is 13.3. The lowest BCUT2D eigenvalue weighted by atomic mass is 9.98. The number of carbonyl (C=O) groups excluding carboxylic acids is 4. The summed E-state index contributed by atoms with van der Waals surface area (Å²) < 4.78 is 14.2. The highest BCUT2D eigenvalue weighted by atomic mass is 32.2. The van der Waals surface area contributed by atoms with E-state index in [1.165, 1.54) is 16.7 Å². The van der Waals surface area contributed by atoms with Gasteiger partial charge in [0.15, 0.2) is 5.13 Å². The molecule has 2 aromatic rings. The fourth-order valence-electron chi connectivity index (χ4n) is 3.85. The Morgan fingerprint density at radius 3 is 2.48 bits per heavy atom. The number of ether oxygens (including phenoxy) is 2. The molecule has 1 aromatic heterocycles. The third-order valence-corrected chi connectivity index (χ3v) is 8.11. The van der Waals surface area contributed by atoms with E-state index in [4.69, 9.17) is 25.8 Å². The van der Waals surface area contributed by atoms with Crippen LogP contribution in [0.5, 0.6) is 0 Å². The van der Waals surface area contributed by atoms with Gasteiger partial charge in [-0.1, -0.05) is 29.4 Å². The Morgan fingerprint density at radius 1 is 1.17 bits per heavy atom. The SMILES string of the molecule is CC1=C(C(=O)OCOC(=O)C(C)(C)C)N2C(=O)C(NC(=O)/C(=N/OCc3ccc(CN)cc3)c3nsc(N)n3)C2SC1. The second-order valence-electron chi connectivity index (χ2n) is 10.4. The van der Waals surface area contributed by atoms with Crippen molar-refractivity contribution in [2.75, 3.05) is 18.3 Å². The number of aromatic nitrogens is 2. The predicted octanol–water partition coefficient (Wildman–Crippen LogP) is 1.26. The number of anilines is 1. The molecule has 2 aliphatic rings. The normalized spacial score (nSPS) is 18.6. The number of nitrogen functional groups attached to an aromatic ring is 1. The molecule has 1 aromatic carbocycles. The second-order valence-corrected chi connectivity index (χ2v) is 12.3. The van der Waals surface area contributed by atoms with Gasteiger partial charge in [-0.05, 0) is 44.4 Å². The van der Waals surface area contributed by atoms with Gasteiger partial charge in [0.05, 0.1) is 5.41 Å². The summed E-state index contributed by atoms with van der Waals surface area (Å²) in [6.07, 6.45) is 0. The van der Waals surface area contributed by atoms with Crippen LogP contribution in [-0.2, 0) is 46.6 Å². The number of thioether (sulfide) groups is 1. The van der Waals surface area contributed by atoms with E-state index in [2.05, 4.69) is 19.8 Å². The van der Waals surface area contributed by atoms with E-state index in [1.807, 2.05) is 24.3 Å². The van der Waals surface area contributed by atoms with Gasteiger partial charge < -0.3 is 31.1 Å². The first-order valence-electron chi connectivity index (χ1n) is 12.8. The molecule has 224 valence electrons. The number of fused-ring (bicyclic) bond motifs is 1. The van der Waals surface area contributed by atoms with E-state index in [0.29, 0.717) is 17.9 Å². The molecule has 2 aliphatic heterocycles. The quantitative estimate of drug-likeness (QED) is 0.113. The molecule has 2 unspecified atom stereocenters. The maximum atomic E-state index is 13.3. The van der Waals surface area contributed by atoms with E-state index >= 15 is 0 Å². The molecule has 3 heterocycles. The summed E-state index contributed by atoms with van der Waals surface area (Å²) in [6, 6.07) is 6.39. The number of nitrogens with zero attached hydrogens (tertiary/aromatic N) is 4. The van der Waals surface area contributed by atoms with E-state index in [0.717, 1.165) is 22.7 Å². The van der Waals surface area contributed by atoms with Gasteiger partial charge in [-0.3, -0.25) is 19.3 Å². The average molecular weight is 618 g/mol. The maximum Gasteiger partial charge on any atom is 0.357 e. The highest BCUT2D eigenvalue weighted by molar-refractivity contribution is 8.00. The van der Waals surface area contributed by atoms with Crippen molar-refractivity contribution in [3.8, 4) is 0 Å². The van der Waals surface area contributed by atoms with Crippen LogP contribution in [0.25, 0.3) is 0 Å². The van der Waals surface area contributed by atoms with Gasteiger partial charge in [-0.25, -0.2) is 4.79 Å². The fraction of sp³-hybridized carbons (Fsp3) is 0.423. The Hall–Kier alpha value is -4.02. The number of β-lactam (4-membered cyclic amide) rings is 1. The van der Waals surface area contributed by atoms with Crippen LogP contribution in [0.2, 0.25) is 0 Å². The molecule has 0 spiro atoms. The van der Waals surface area contributed by atoms with Crippen molar-refractivity contribution >= 4 is 57.9 Å². The van der Waals surface area contributed by atoms with Crippen LogP contribution < -0.4 is 16.8 Å². The van der Waals surface area contributed by atoms with Crippen molar-refractivity contribution in [1.29, 1.82) is 0 Å². The summed E-state index contributed by atoms with van der Waals surface area (Å²) in [7, 11) is 0. The van der Waals surface area contributed by atoms with Crippen LogP contribution in [0.1, 0.15) is 44.6 Å². The molecule has 1 fully saturated rings. The van der Waals surface area contributed by atoms with Gasteiger partial charge in [0.2, 0.25) is 18.3 Å². The number of rotatable bonds is 10. The van der Waals surface area contributed by atoms with Crippen LogP contribution >= 0.6 is 23.3 Å². The van der Waals surface area contributed by atoms with Gasteiger partial charge >= 0.3 is 11.9 Å². The summed E-state index contributed by atoms with van der Waals surface area (Å²) in [6.45, 7) is 6.57. The first kappa shape index (κ1) is 30.9. The first-order chi connectivity index (χ1) is 19.9. The number of amides is 2. The number of esters is 2. The lowest BCUT2D eigenvalue weighted by Gasteiger charge is -2.49. The molecule has 2 amide bonds. The van der Waals surface area contributed by atoms with Gasteiger partial charge in [0.25, 0.3) is 11.8 Å². The number of carbonyl (C=O) groups is 4. The first-order valence-corrected chi connectivity index (χ1v) is 14.6. The van der Waals surface area contributed by atoms with E-state index in [1.54, 1.807) is 27.7 Å². The standard InChI is InChI=1S/C26H31N7O7S2/c1-13-11-41-22-17(21(35)33(22)18(13)23(36)38-12-39-24(37)26(2,3)4)29-20(34)16(19-30-25(28)42-32-19)31-40-10-15-7-5-14(9-27)6-8-15/h5-8,17,22H,9-12,27H2,1-4H3,(H,29,34)(H2,28,30,32)/b31-16+. The van der Waals surface area contributed by atoms with Gasteiger partial charge in [0, 0.05) is 23.8 Å². The summed E-state index contributed by atoms with van der Waals surface area (Å²) >= 11 is 2.24. The Morgan fingerprint density at radius 2 is 1.86 bits per heavy atom. The summed E-state index contributed by atoms with van der Waals surface area (Å²) in [4.78, 5) is 62.0. The number of nitrogens with one attached hydrogen (secondary N) is 1. The lowest BCUT2D eigenvalue weighted by molar-refractivity contribution is -0.173. The van der Waals surface area contributed by atoms with Crippen LogP contribution in [0.4, 0.5) is 5.13 Å². The Kier molecular flexibility index (Phi) is 9.48. The van der Waals surface area contributed by atoms with Gasteiger partial charge in [0.1, 0.15) is 23.7 Å². The lowest BCUT2D eigenvalue weighted by Crippen LogP contribution is -2.71. The minimum Gasteiger partial charge on any atom is -0.427 e. The van der Waals surface area contributed by atoms with Crippen molar-refractivity contribution < 1.29 is 33.5 Å². The molecule has 0 radical (unpaired) electrons. The highest BCUT2D eigenvalue weighted by Crippen LogP contribution is 2.40. The van der Waals surface area contributed by atoms with Crippen molar-refractivity contribution in [3.63, 3.8) is 0 Å². The minimum atomic E-state index is -0.970. The Balaban J connectivity index is 1.42. The number of nitrogens with two attached hydrogens (primary N) is 2. The molecule has 1 saturated heterocycles. The van der Waals surface area contributed by atoms with E-state index in [-0.39, 0.29) is 29.0 Å². The van der Waals surface area contributed by atoms with Crippen LogP contribution in [0.3, 0.4) is 0 Å². The van der Waals surface area contributed by atoms with Crippen molar-refractivity contribution in [1.82, 2.24) is 19.6 Å². The molecule has 0 saturated carbocycles. The minimum absolute atomic E-state index is 0.0490. The number of hydrogen-bond donors (Lipinski definition) is 3. The highest BCUT2D eigenvalue weighted by Gasteiger charge is 2.54. The van der Waals surface area contributed by atoms with Gasteiger partial charge in [-0.2, -0.15) is 9.36 Å². The van der Waals surface area contributed by atoms with Crippen LogP contribution in [0, 0.1) is 5.41 Å². The second kappa shape index (κ2) is 12.9. The number of oxime groups is 1. The molecule has 0 bridgehead atoms. The molecule has 16 heteroatoms. The molecule has 5 N–H and O–H groups in total. The summed E-state index contributed by atoms with van der Waals surface area (Å²) in [5.74, 6) is -2.28. The monoisotopic (exact) mass is 617 g/mol. The topological polar surface area (TPSA) is 201 Å². The summed E-state index contributed by atoms with van der Waals surface area (Å²) in [5, 5.41) is 6.14. The van der Waals surface area contributed by atoms with Crippen LogP contribution in [-0.4, -0.2) is 67.7 Å². The third kappa shape index (κ3) is 6.88. The van der Waals surface area contributed by atoms with Crippen LogP contribution in [0.15, 0.2) is 40.7 Å². The largest absolute Gasteiger partial charge is 0.427 e. The molecule has 4 rings (SSSR count). The molecular formula is C26H31N7O7S2. The Labute approximate surface area is 250 Å². The fourth-order valence-corrected chi connectivity index (χ4v) is 5.58. The smallest absolute Gasteiger partial charge is 0.357 e. The molecular weight excluding hydrogens is 586 g/mol. The van der Waals surface area contributed by atoms with E-state index in [9.17, 15) is 19.2 Å². The zero-order chi connectivity index (χ0) is 30.6. The predicted molar refractivity (Wildman–Crippen MR) is 154 cm³/mol. The summed E-state index contributed by atoms with van der Waals surface area (Å²) in [5.41, 5.74) is 12.7. The molecule has 2 atom stereocenters. The zero-order valence-electron chi connectivity index (χ0n) is 23.4. The molecule has 42 heavy (non-hydrogen) atoms. The third-order valence-electron chi connectivity index (χ3n) is 6.15. The zero-order valence-corrected chi connectivity index (χ0v) is 25.0. The van der Waals surface area contributed by atoms with Crippen molar-refractivity contribution in [2.24, 2.45) is 16.3 Å². The van der Waals surface area contributed by atoms with Crippen molar-refractivity contribution in [2.45, 2.75) is 52.3 Å². The molecule has 0 aliphatic carbocycles. The Bertz CT molecular complexity index is 1430.